The van der Waals surface area contributed by atoms with E-state index in [0.717, 1.165) is 23.3 Å². The third-order valence-corrected chi connectivity index (χ3v) is 2.98. The average Bonchev–Trinajstić information content (AvgIpc) is 2.60. The molecule has 1 aliphatic rings. The van der Waals surface area contributed by atoms with Crippen LogP contribution in [0.4, 0.5) is 11.5 Å². The number of nitrogens with zero attached hydrogens (tertiary/aromatic N) is 2. The summed E-state index contributed by atoms with van der Waals surface area (Å²) >= 11 is 0. The van der Waals surface area contributed by atoms with E-state index in [-0.39, 0.29) is 0 Å². The van der Waals surface area contributed by atoms with Crippen molar-refractivity contribution >= 4 is 28.1 Å². The van der Waals surface area contributed by atoms with E-state index < -0.39 is 0 Å². The molecule has 0 spiro atoms. The summed E-state index contributed by atoms with van der Waals surface area (Å²) in [4.78, 5) is 8.87. The van der Waals surface area contributed by atoms with Crippen molar-refractivity contribution < 1.29 is 0 Å². The van der Waals surface area contributed by atoms with Crippen LogP contribution in [-0.2, 0) is 6.42 Å². The average molecular weight is 211 g/mol. The first-order chi connectivity index (χ1) is 7.65. The molecule has 3 nitrogen and oxygen atoms in total. The van der Waals surface area contributed by atoms with Crippen LogP contribution in [0, 0.1) is 6.92 Å². The molecule has 0 fully saturated rings. The van der Waals surface area contributed by atoms with Crippen LogP contribution < -0.4 is 5.73 Å². The quantitative estimate of drug-likeness (QED) is 0.728. The van der Waals surface area contributed by atoms with Crippen molar-refractivity contribution in [3.05, 3.63) is 29.3 Å². The minimum absolute atomic E-state index is 0.546. The second kappa shape index (κ2) is 3.04. The molecule has 2 N–H and O–H groups in total. The minimum atomic E-state index is 0.546. The van der Waals surface area contributed by atoms with Crippen molar-refractivity contribution in [3.8, 4) is 0 Å². The van der Waals surface area contributed by atoms with Crippen molar-refractivity contribution in [3.63, 3.8) is 0 Å². The maximum atomic E-state index is 5.93. The highest BCUT2D eigenvalue weighted by molar-refractivity contribution is 6.02. The molecule has 1 aromatic carbocycles. The first-order valence-corrected chi connectivity index (χ1v) is 5.38. The Labute approximate surface area is 94.0 Å². The van der Waals surface area contributed by atoms with Gasteiger partial charge >= 0.3 is 0 Å². The summed E-state index contributed by atoms with van der Waals surface area (Å²) in [7, 11) is 0. The summed E-state index contributed by atoms with van der Waals surface area (Å²) in [6.45, 7) is 4.09. The van der Waals surface area contributed by atoms with E-state index >= 15 is 0 Å². The lowest BCUT2D eigenvalue weighted by Crippen LogP contribution is -1.95. The summed E-state index contributed by atoms with van der Waals surface area (Å²) in [6, 6.07) is 6.29. The number of aliphatic imine (C=N–C) groups is 1. The molecule has 0 radical (unpaired) electrons. The number of fused-ring (bicyclic) bond motifs is 3. The molecule has 3 heteroatoms. The molecule has 0 bridgehead atoms. The molecule has 2 aromatic rings. The van der Waals surface area contributed by atoms with Crippen LogP contribution in [0.15, 0.2) is 23.2 Å². The van der Waals surface area contributed by atoms with Gasteiger partial charge in [0, 0.05) is 17.5 Å². The third-order valence-electron chi connectivity index (χ3n) is 2.98. The van der Waals surface area contributed by atoms with Crippen molar-refractivity contribution in [1.29, 1.82) is 0 Å². The molecular weight excluding hydrogens is 198 g/mol. The second-order valence-electron chi connectivity index (χ2n) is 4.37. The molecule has 0 atom stereocenters. The van der Waals surface area contributed by atoms with E-state index in [1.54, 1.807) is 0 Å². The molecule has 1 aliphatic heterocycles. The molecule has 16 heavy (non-hydrogen) atoms. The maximum absolute atomic E-state index is 5.93. The SMILES string of the molecule is CC1=Nc2c(N)nc3cc(C)ccc3c2C1. The van der Waals surface area contributed by atoms with Gasteiger partial charge in [-0.05, 0) is 31.0 Å². The number of hydrogen-bond acceptors (Lipinski definition) is 3. The zero-order valence-corrected chi connectivity index (χ0v) is 9.41. The molecule has 1 aromatic heterocycles. The van der Waals surface area contributed by atoms with Crippen LogP contribution in [0.2, 0.25) is 0 Å². The van der Waals surface area contributed by atoms with Gasteiger partial charge in [0.25, 0.3) is 0 Å². The monoisotopic (exact) mass is 211 g/mol. The highest BCUT2D eigenvalue weighted by Crippen LogP contribution is 2.36. The van der Waals surface area contributed by atoms with Crippen LogP contribution in [0.1, 0.15) is 18.1 Å². The molecular formula is C13H13N3. The van der Waals surface area contributed by atoms with E-state index in [0.29, 0.717) is 5.82 Å². The lowest BCUT2D eigenvalue weighted by Gasteiger charge is -2.07. The summed E-state index contributed by atoms with van der Waals surface area (Å²) in [5, 5.41) is 1.18. The van der Waals surface area contributed by atoms with Gasteiger partial charge in [-0.3, -0.25) is 4.99 Å². The van der Waals surface area contributed by atoms with Crippen molar-refractivity contribution in [2.45, 2.75) is 20.3 Å². The third kappa shape index (κ3) is 1.21. The summed E-state index contributed by atoms with van der Waals surface area (Å²) < 4.78 is 0. The topological polar surface area (TPSA) is 51.3 Å². The Morgan fingerprint density at radius 3 is 2.88 bits per heavy atom. The van der Waals surface area contributed by atoms with E-state index in [1.165, 1.54) is 16.5 Å². The lowest BCUT2D eigenvalue weighted by molar-refractivity contribution is 1.34. The summed E-state index contributed by atoms with van der Waals surface area (Å²) in [5.74, 6) is 0.546. The minimum Gasteiger partial charge on any atom is -0.382 e. The van der Waals surface area contributed by atoms with Gasteiger partial charge in [0.05, 0.1) is 5.52 Å². The van der Waals surface area contributed by atoms with Crippen LogP contribution in [0.25, 0.3) is 10.9 Å². The van der Waals surface area contributed by atoms with E-state index in [1.807, 2.05) is 6.92 Å². The Morgan fingerprint density at radius 1 is 1.25 bits per heavy atom. The van der Waals surface area contributed by atoms with E-state index in [4.69, 9.17) is 5.73 Å². The number of aryl methyl sites for hydroxylation is 1. The van der Waals surface area contributed by atoms with Crippen LogP contribution in [0.5, 0.6) is 0 Å². The van der Waals surface area contributed by atoms with Crippen molar-refractivity contribution in [2.75, 3.05) is 5.73 Å². The molecule has 0 aliphatic carbocycles. The molecule has 0 saturated heterocycles. The zero-order valence-electron chi connectivity index (χ0n) is 9.41. The fourth-order valence-corrected chi connectivity index (χ4v) is 2.24. The van der Waals surface area contributed by atoms with E-state index in [9.17, 15) is 0 Å². The number of nitrogens with two attached hydrogens (primary N) is 1. The van der Waals surface area contributed by atoms with Gasteiger partial charge in [0.2, 0.25) is 0 Å². The first-order valence-electron chi connectivity index (χ1n) is 5.38. The Hall–Kier alpha value is -1.90. The highest BCUT2D eigenvalue weighted by atomic mass is 14.9. The number of hydrogen-bond donors (Lipinski definition) is 1. The number of rotatable bonds is 0. The van der Waals surface area contributed by atoms with Gasteiger partial charge in [-0.1, -0.05) is 12.1 Å². The maximum Gasteiger partial charge on any atom is 0.150 e. The largest absolute Gasteiger partial charge is 0.382 e. The second-order valence-corrected chi connectivity index (χ2v) is 4.37. The number of aromatic nitrogens is 1. The fraction of sp³-hybridized carbons (Fsp3) is 0.231. The fourth-order valence-electron chi connectivity index (χ4n) is 2.24. The molecule has 0 saturated carbocycles. The van der Waals surface area contributed by atoms with Gasteiger partial charge in [0.15, 0.2) is 0 Å². The molecule has 80 valence electrons. The van der Waals surface area contributed by atoms with Crippen LogP contribution in [-0.4, -0.2) is 10.7 Å². The van der Waals surface area contributed by atoms with Crippen LogP contribution >= 0.6 is 0 Å². The Bertz CT molecular complexity index is 627. The predicted molar refractivity (Wildman–Crippen MR) is 67.4 cm³/mol. The number of nitrogen functional groups attached to an aromatic ring is 1. The lowest BCUT2D eigenvalue weighted by atomic mass is 10.0. The smallest absolute Gasteiger partial charge is 0.150 e. The number of pyridine rings is 1. The zero-order chi connectivity index (χ0) is 11.3. The van der Waals surface area contributed by atoms with Crippen molar-refractivity contribution in [1.82, 2.24) is 4.98 Å². The van der Waals surface area contributed by atoms with Gasteiger partial charge in [-0.15, -0.1) is 0 Å². The molecule has 2 heterocycles. The van der Waals surface area contributed by atoms with E-state index in [2.05, 4.69) is 35.1 Å². The summed E-state index contributed by atoms with van der Waals surface area (Å²) in [6.07, 6.45) is 0.890. The highest BCUT2D eigenvalue weighted by Gasteiger charge is 2.18. The normalized spacial score (nSPS) is 14.0. The number of benzene rings is 1. The van der Waals surface area contributed by atoms with Gasteiger partial charge in [-0.2, -0.15) is 0 Å². The van der Waals surface area contributed by atoms with Gasteiger partial charge in [-0.25, -0.2) is 4.98 Å². The van der Waals surface area contributed by atoms with Crippen LogP contribution in [0.3, 0.4) is 0 Å². The molecule has 3 rings (SSSR count). The Balaban J connectivity index is 2.40. The van der Waals surface area contributed by atoms with Crippen molar-refractivity contribution in [2.24, 2.45) is 4.99 Å². The Kier molecular flexibility index (Phi) is 1.78. The standard InChI is InChI=1S/C13H13N3/c1-7-3-4-9-10-6-8(2)15-12(10)13(14)16-11(9)5-7/h3-5H,6H2,1-2H3,(H2,14,16). The molecule has 0 amide bonds. The summed E-state index contributed by atoms with van der Waals surface area (Å²) in [5.41, 5.74) is 11.3. The number of anilines is 1. The van der Waals surface area contributed by atoms with Gasteiger partial charge < -0.3 is 5.73 Å². The first kappa shape index (κ1) is 9.33. The van der Waals surface area contributed by atoms with Gasteiger partial charge in [0.1, 0.15) is 11.5 Å². The Morgan fingerprint density at radius 2 is 2.06 bits per heavy atom. The predicted octanol–water partition coefficient (Wildman–Crippen LogP) is 2.77. The molecule has 0 unspecified atom stereocenters.